The number of rotatable bonds is 5. The molecule has 25 heavy (non-hydrogen) atoms. The molecule has 5 heteroatoms. The fourth-order valence-corrected chi connectivity index (χ4v) is 2.95. The number of carbonyl (C=O) groups is 1. The second-order valence-electron chi connectivity index (χ2n) is 6.49. The highest BCUT2D eigenvalue weighted by Gasteiger charge is 2.28. The van der Waals surface area contributed by atoms with Crippen molar-refractivity contribution < 1.29 is 4.79 Å². The number of hydrogen-bond donors (Lipinski definition) is 1. The first-order valence-electron chi connectivity index (χ1n) is 8.56. The van der Waals surface area contributed by atoms with Crippen LogP contribution in [0.5, 0.6) is 0 Å². The molecule has 0 unspecified atom stereocenters. The molecule has 1 fully saturated rings. The number of aromatic nitrogens is 3. The third-order valence-corrected chi connectivity index (χ3v) is 4.32. The minimum atomic E-state index is -0.0694. The van der Waals surface area contributed by atoms with Crippen molar-refractivity contribution >= 4 is 11.6 Å². The number of benzene rings is 1. The molecule has 1 aliphatic rings. The van der Waals surface area contributed by atoms with Gasteiger partial charge in [0.1, 0.15) is 0 Å². The first-order valence-corrected chi connectivity index (χ1v) is 8.56. The molecule has 1 aromatic carbocycles. The Balaban J connectivity index is 1.46. The van der Waals surface area contributed by atoms with Crippen molar-refractivity contribution in [2.75, 3.05) is 5.32 Å². The van der Waals surface area contributed by atoms with Gasteiger partial charge in [-0.3, -0.25) is 9.78 Å². The molecule has 1 aliphatic carbocycles. The second kappa shape index (κ2) is 6.51. The van der Waals surface area contributed by atoms with E-state index in [9.17, 15) is 4.79 Å². The zero-order valence-corrected chi connectivity index (χ0v) is 14.1. The Morgan fingerprint density at radius 1 is 1.20 bits per heavy atom. The highest BCUT2D eigenvalue weighted by atomic mass is 16.1. The highest BCUT2D eigenvalue weighted by molar-refractivity contribution is 5.92. The van der Waals surface area contributed by atoms with Gasteiger partial charge in [-0.05, 0) is 62.2 Å². The SMILES string of the molecule is Cc1cc(C2CC2)n(-c2ccc(NC(=O)Cc3ccccn3)cc2)n1. The maximum atomic E-state index is 12.1. The Morgan fingerprint density at radius 2 is 2.00 bits per heavy atom. The standard InChI is InChI=1S/C20H20N4O/c1-14-12-19(15-5-6-15)24(23-14)18-9-7-16(8-10-18)22-20(25)13-17-4-2-3-11-21-17/h2-4,7-12,15H,5-6,13H2,1H3,(H,22,25). The molecule has 2 aromatic heterocycles. The minimum Gasteiger partial charge on any atom is -0.326 e. The molecule has 3 aromatic rings. The van der Waals surface area contributed by atoms with Gasteiger partial charge in [0.15, 0.2) is 0 Å². The molecule has 1 amide bonds. The summed E-state index contributed by atoms with van der Waals surface area (Å²) in [5, 5.41) is 7.53. The van der Waals surface area contributed by atoms with Crippen LogP contribution in [-0.4, -0.2) is 20.7 Å². The van der Waals surface area contributed by atoms with Crippen molar-refractivity contribution in [3.63, 3.8) is 0 Å². The fraction of sp³-hybridized carbons (Fsp3) is 0.250. The zero-order chi connectivity index (χ0) is 17.2. The van der Waals surface area contributed by atoms with Crippen molar-refractivity contribution in [3.05, 3.63) is 71.8 Å². The van der Waals surface area contributed by atoms with Crippen molar-refractivity contribution in [2.45, 2.75) is 32.1 Å². The lowest BCUT2D eigenvalue weighted by Crippen LogP contribution is -2.15. The van der Waals surface area contributed by atoms with Gasteiger partial charge >= 0.3 is 0 Å². The minimum absolute atomic E-state index is 0.0694. The van der Waals surface area contributed by atoms with Crippen LogP contribution in [0.1, 0.15) is 35.8 Å². The van der Waals surface area contributed by atoms with Gasteiger partial charge in [-0.15, -0.1) is 0 Å². The third-order valence-electron chi connectivity index (χ3n) is 4.32. The number of nitrogens with zero attached hydrogens (tertiary/aromatic N) is 3. The molecule has 2 heterocycles. The van der Waals surface area contributed by atoms with Gasteiger partial charge < -0.3 is 5.32 Å². The van der Waals surface area contributed by atoms with Crippen LogP contribution < -0.4 is 5.32 Å². The van der Waals surface area contributed by atoms with Crippen molar-refractivity contribution in [3.8, 4) is 5.69 Å². The van der Waals surface area contributed by atoms with Gasteiger partial charge in [0.25, 0.3) is 0 Å². The lowest BCUT2D eigenvalue weighted by atomic mass is 10.2. The van der Waals surface area contributed by atoms with Gasteiger partial charge in [0.05, 0.1) is 17.8 Å². The molecule has 0 bridgehead atoms. The second-order valence-corrected chi connectivity index (χ2v) is 6.49. The van der Waals surface area contributed by atoms with E-state index in [-0.39, 0.29) is 12.3 Å². The van der Waals surface area contributed by atoms with E-state index in [2.05, 4.69) is 21.5 Å². The summed E-state index contributed by atoms with van der Waals surface area (Å²) in [4.78, 5) is 16.3. The molecular formula is C20H20N4O. The van der Waals surface area contributed by atoms with Crippen LogP contribution >= 0.6 is 0 Å². The molecule has 0 aliphatic heterocycles. The van der Waals surface area contributed by atoms with Gasteiger partial charge in [0.2, 0.25) is 5.91 Å². The van der Waals surface area contributed by atoms with Crippen molar-refractivity contribution in [2.24, 2.45) is 0 Å². The Kier molecular flexibility index (Phi) is 4.06. The summed E-state index contributed by atoms with van der Waals surface area (Å²) in [5.74, 6) is 0.569. The van der Waals surface area contributed by atoms with Crippen LogP contribution in [0.25, 0.3) is 5.69 Å². The topological polar surface area (TPSA) is 59.8 Å². The maximum Gasteiger partial charge on any atom is 0.230 e. The number of nitrogens with one attached hydrogen (secondary N) is 1. The molecular weight excluding hydrogens is 312 g/mol. The Labute approximate surface area is 146 Å². The number of carbonyl (C=O) groups excluding carboxylic acids is 1. The molecule has 5 nitrogen and oxygen atoms in total. The highest BCUT2D eigenvalue weighted by Crippen LogP contribution is 2.41. The largest absolute Gasteiger partial charge is 0.326 e. The number of aryl methyl sites for hydroxylation is 1. The molecule has 0 radical (unpaired) electrons. The van der Waals surface area contributed by atoms with Crippen molar-refractivity contribution in [1.29, 1.82) is 0 Å². The molecule has 1 saturated carbocycles. The predicted molar refractivity (Wildman–Crippen MR) is 96.8 cm³/mol. The monoisotopic (exact) mass is 332 g/mol. The summed E-state index contributed by atoms with van der Waals surface area (Å²) in [6.07, 6.45) is 4.45. The first-order chi connectivity index (χ1) is 12.2. The predicted octanol–water partition coefficient (Wildman–Crippen LogP) is 3.63. The van der Waals surface area contributed by atoms with E-state index in [4.69, 9.17) is 0 Å². The summed E-state index contributed by atoms with van der Waals surface area (Å²) in [6.45, 7) is 2.02. The first kappa shape index (κ1) is 15.6. The van der Waals surface area contributed by atoms with E-state index in [0.29, 0.717) is 5.92 Å². The molecule has 0 spiro atoms. The average Bonchev–Trinajstić information content (AvgIpc) is 3.38. The van der Waals surface area contributed by atoms with Crippen LogP contribution in [0.3, 0.4) is 0 Å². The summed E-state index contributed by atoms with van der Waals surface area (Å²) in [7, 11) is 0. The van der Waals surface area contributed by atoms with Gasteiger partial charge in [0, 0.05) is 29.2 Å². The van der Waals surface area contributed by atoms with Crippen LogP contribution in [0.2, 0.25) is 0 Å². The van der Waals surface area contributed by atoms with Crippen LogP contribution in [0, 0.1) is 6.92 Å². The van der Waals surface area contributed by atoms with Gasteiger partial charge in [-0.1, -0.05) is 6.07 Å². The normalized spacial score (nSPS) is 13.6. The summed E-state index contributed by atoms with van der Waals surface area (Å²) in [6, 6.07) is 15.6. The quantitative estimate of drug-likeness (QED) is 0.776. The molecule has 4 rings (SSSR count). The van der Waals surface area contributed by atoms with Crippen LogP contribution in [0.15, 0.2) is 54.7 Å². The van der Waals surface area contributed by atoms with Crippen LogP contribution in [-0.2, 0) is 11.2 Å². The molecule has 1 N–H and O–H groups in total. The number of hydrogen-bond acceptors (Lipinski definition) is 3. The van der Waals surface area contributed by atoms with E-state index in [1.807, 2.05) is 54.1 Å². The summed E-state index contributed by atoms with van der Waals surface area (Å²) in [5.41, 5.74) is 4.89. The lowest BCUT2D eigenvalue weighted by Gasteiger charge is -2.09. The smallest absolute Gasteiger partial charge is 0.230 e. The van der Waals surface area contributed by atoms with E-state index < -0.39 is 0 Å². The summed E-state index contributed by atoms with van der Waals surface area (Å²) < 4.78 is 2.02. The lowest BCUT2D eigenvalue weighted by molar-refractivity contribution is -0.115. The fourth-order valence-electron chi connectivity index (χ4n) is 2.95. The van der Waals surface area contributed by atoms with E-state index in [1.54, 1.807) is 6.20 Å². The van der Waals surface area contributed by atoms with E-state index in [0.717, 1.165) is 22.8 Å². The summed E-state index contributed by atoms with van der Waals surface area (Å²) >= 11 is 0. The zero-order valence-electron chi connectivity index (χ0n) is 14.1. The third kappa shape index (κ3) is 3.60. The maximum absolute atomic E-state index is 12.1. The van der Waals surface area contributed by atoms with Gasteiger partial charge in [-0.2, -0.15) is 5.10 Å². The molecule has 126 valence electrons. The number of amides is 1. The Hall–Kier alpha value is -2.95. The molecule has 0 atom stereocenters. The van der Waals surface area contributed by atoms with E-state index in [1.165, 1.54) is 18.5 Å². The van der Waals surface area contributed by atoms with Gasteiger partial charge in [-0.25, -0.2) is 4.68 Å². The van der Waals surface area contributed by atoms with Crippen molar-refractivity contribution in [1.82, 2.24) is 14.8 Å². The Morgan fingerprint density at radius 3 is 2.68 bits per heavy atom. The Bertz CT molecular complexity index is 880. The average molecular weight is 332 g/mol. The number of anilines is 1. The molecule has 0 saturated heterocycles. The van der Waals surface area contributed by atoms with Crippen LogP contribution in [0.4, 0.5) is 5.69 Å². The van der Waals surface area contributed by atoms with E-state index >= 15 is 0 Å². The number of pyridine rings is 1.